The number of esters is 2. The molecule has 0 aliphatic carbocycles. The van der Waals surface area contributed by atoms with Crippen LogP contribution in [0.15, 0.2) is 84.3 Å². The van der Waals surface area contributed by atoms with E-state index in [0.717, 1.165) is 22.3 Å². The fourth-order valence-electron chi connectivity index (χ4n) is 2.78. The van der Waals surface area contributed by atoms with Crippen molar-refractivity contribution in [3.8, 4) is 0 Å². The minimum atomic E-state index is -0.380. The fraction of sp³-hybridized carbons (Fsp3) is 0.167. The molecule has 0 aliphatic heterocycles. The molecule has 0 aromatic heterocycles. The summed E-state index contributed by atoms with van der Waals surface area (Å²) in [6, 6.07) is 19.3. The van der Waals surface area contributed by atoms with Gasteiger partial charge in [0.05, 0.1) is 0 Å². The second kappa shape index (κ2) is 10.1. The maximum Gasteiger partial charge on any atom is 0.307 e. The Morgan fingerprint density at radius 3 is 1.21 bits per heavy atom. The van der Waals surface area contributed by atoms with Crippen molar-refractivity contribution in [3.05, 3.63) is 95.5 Å². The molecular weight excluding hydrogens is 352 g/mol. The standard InChI is InChI=1S/C24H24O4/c1-17(27-19(3)25)23(21-11-7-5-8-12-21)15-16-24(18(2)28-20(4)26)22-13-9-6-10-14-22/h5-16H,1-4H3/b16-15+,23-17-,24-18-. The van der Waals surface area contributed by atoms with Gasteiger partial charge in [-0.1, -0.05) is 72.8 Å². The number of benzene rings is 2. The molecule has 0 atom stereocenters. The average Bonchev–Trinajstić information content (AvgIpc) is 2.65. The summed E-state index contributed by atoms with van der Waals surface area (Å²) in [5.74, 6) is 0.225. The lowest BCUT2D eigenvalue weighted by Gasteiger charge is -2.11. The molecule has 0 fully saturated rings. The molecule has 0 saturated heterocycles. The first-order chi connectivity index (χ1) is 13.4. The summed E-state index contributed by atoms with van der Waals surface area (Å²) >= 11 is 0. The molecule has 4 nitrogen and oxygen atoms in total. The van der Waals surface area contributed by atoms with Crippen LogP contribution in [0.2, 0.25) is 0 Å². The van der Waals surface area contributed by atoms with Crippen LogP contribution in [0.3, 0.4) is 0 Å². The van der Waals surface area contributed by atoms with Gasteiger partial charge >= 0.3 is 11.9 Å². The van der Waals surface area contributed by atoms with Crippen LogP contribution in [0.25, 0.3) is 11.1 Å². The number of allylic oxidation sites excluding steroid dienone is 6. The number of rotatable bonds is 6. The topological polar surface area (TPSA) is 52.6 Å². The summed E-state index contributed by atoms with van der Waals surface area (Å²) in [7, 11) is 0. The molecule has 0 amide bonds. The second-order valence-electron chi connectivity index (χ2n) is 6.19. The Morgan fingerprint density at radius 1 is 0.607 bits per heavy atom. The van der Waals surface area contributed by atoms with E-state index in [4.69, 9.17) is 9.47 Å². The first-order valence-corrected chi connectivity index (χ1v) is 8.96. The van der Waals surface area contributed by atoms with Crippen molar-refractivity contribution < 1.29 is 19.1 Å². The third-order valence-electron chi connectivity index (χ3n) is 3.94. The van der Waals surface area contributed by atoms with E-state index in [1.807, 2.05) is 72.8 Å². The van der Waals surface area contributed by atoms with E-state index in [-0.39, 0.29) is 11.9 Å². The first-order valence-electron chi connectivity index (χ1n) is 8.96. The third-order valence-corrected chi connectivity index (χ3v) is 3.94. The van der Waals surface area contributed by atoms with E-state index in [1.54, 1.807) is 13.8 Å². The lowest BCUT2D eigenvalue weighted by atomic mass is 10.00. The van der Waals surface area contributed by atoms with Crippen molar-refractivity contribution in [2.24, 2.45) is 0 Å². The molecule has 0 N–H and O–H groups in total. The Hall–Kier alpha value is -3.40. The van der Waals surface area contributed by atoms with Crippen LogP contribution in [0, 0.1) is 0 Å². The maximum absolute atomic E-state index is 11.4. The predicted molar refractivity (Wildman–Crippen MR) is 111 cm³/mol. The van der Waals surface area contributed by atoms with E-state index < -0.39 is 0 Å². The quantitative estimate of drug-likeness (QED) is 0.378. The Labute approximate surface area is 165 Å². The molecule has 4 heteroatoms. The highest BCUT2D eigenvalue weighted by Gasteiger charge is 2.10. The van der Waals surface area contributed by atoms with Crippen molar-refractivity contribution in [1.29, 1.82) is 0 Å². The van der Waals surface area contributed by atoms with E-state index in [0.29, 0.717) is 11.5 Å². The summed E-state index contributed by atoms with van der Waals surface area (Å²) in [5, 5.41) is 0. The van der Waals surface area contributed by atoms with Gasteiger partial charge in [-0.05, 0) is 25.0 Å². The molecule has 28 heavy (non-hydrogen) atoms. The molecule has 0 unspecified atom stereocenters. The van der Waals surface area contributed by atoms with Crippen LogP contribution in [0.1, 0.15) is 38.8 Å². The number of ether oxygens (including phenoxy) is 2. The van der Waals surface area contributed by atoms with Gasteiger partial charge in [-0.2, -0.15) is 0 Å². The lowest BCUT2D eigenvalue weighted by molar-refractivity contribution is -0.137. The van der Waals surface area contributed by atoms with Gasteiger partial charge in [-0.3, -0.25) is 9.59 Å². The Balaban J connectivity index is 2.55. The van der Waals surface area contributed by atoms with Gasteiger partial charge in [0.15, 0.2) is 0 Å². The number of carbonyl (C=O) groups is 2. The van der Waals surface area contributed by atoms with Crippen LogP contribution < -0.4 is 0 Å². The molecular formula is C24H24O4. The van der Waals surface area contributed by atoms with E-state index in [1.165, 1.54) is 13.8 Å². The second-order valence-corrected chi connectivity index (χ2v) is 6.19. The van der Waals surface area contributed by atoms with Crippen molar-refractivity contribution in [2.75, 3.05) is 0 Å². The Bertz CT molecular complexity index is 842. The lowest BCUT2D eigenvalue weighted by Crippen LogP contribution is -2.00. The monoisotopic (exact) mass is 376 g/mol. The van der Waals surface area contributed by atoms with Gasteiger partial charge < -0.3 is 9.47 Å². The largest absolute Gasteiger partial charge is 0.431 e. The summed E-state index contributed by atoms with van der Waals surface area (Å²) in [6.45, 7) is 6.24. The van der Waals surface area contributed by atoms with Crippen molar-refractivity contribution >= 4 is 23.1 Å². The number of hydrogen-bond acceptors (Lipinski definition) is 4. The SMILES string of the molecule is CC(=O)O/C(C)=C(/C=C/C(=C(\C)OC(C)=O)c1ccccc1)c1ccccc1. The van der Waals surface area contributed by atoms with E-state index in [9.17, 15) is 9.59 Å². The molecule has 2 aromatic carbocycles. The molecule has 0 bridgehead atoms. The summed E-state index contributed by atoms with van der Waals surface area (Å²) in [6.07, 6.45) is 3.73. The molecule has 0 aliphatic rings. The molecule has 0 spiro atoms. The van der Waals surface area contributed by atoms with Crippen molar-refractivity contribution in [2.45, 2.75) is 27.7 Å². The molecule has 144 valence electrons. The van der Waals surface area contributed by atoms with Crippen molar-refractivity contribution in [3.63, 3.8) is 0 Å². The van der Waals surface area contributed by atoms with Gasteiger partial charge in [0.2, 0.25) is 0 Å². The zero-order valence-electron chi connectivity index (χ0n) is 16.6. The highest BCUT2D eigenvalue weighted by molar-refractivity contribution is 5.84. The van der Waals surface area contributed by atoms with E-state index >= 15 is 0 Å². The summed E-state index contributed by atoms with van der Waals surface area (Å²) in [4.78, 5) is 22.9. The average molecular weight is 376 g/mol. The first kappa shape index (κ1) is 20.9. The normalized spacial score (nSPS) is 12.9. The molecule has 2 rings (SSSR count). The van der Waals surface area contributed by atoms with Gasteiger partial charge in [-0.25, -0.2) is 0 Å². The zero-order chi connectivity index (χ0) is 20.5. The third kappa shape index (κ3) is 6.09. The van der Waals surface area contributed by atoms with Crippen LogP contribution in [-0.4, -0.2) is 11.9 Å². The van der Waals surface area contributed by atoms with Gasteiger partial charge in [-0.15, -0.1) is 0 Å². The van der Waals surface area contributed by atoms with E-state index in [2.05, 4.69) is 0 Å². The van der Waals surface area contributed by atoms with Crippen LogP contribution in [-0.2, 0) is 19.1 Å². The van der Waals surface area contributed by atoms with Gasteiger partial charge in [0, 0.05) is 25.0 Å². The number of carbonyl (C=O) groups excluding carboxylic acids is 2. The van der Waals surface area contributed by atoms with Gasteiger partial charge in [0.25, 0.3) is 0 Å². The van der Waals surface area contributed by atoms with Crippen LogP contribution >= 0.6 is 0 Å². The highest BCUT2D eigenvalue weighted by Crippen LogP contribution is 2.26. The minimum absolute atomic E-state index is 0.380. The molecule has 0 heterocycles. The van der Waals surface area contributed by atoms with Crippen LogP contribution in [0.4, 0.5) is 0 Å². The Morgan fingerprint density at radius 2 is 0.929 bits per heavy atom. The highest BCUT2D eigenvalue weighted by atomic mass is 16.5. The number of hydrogen-bond donors (Lipinski definition) is 0. The smallest absolute Gasteiger partial charge is 0.307 e. The fourth-order valence-corrected chi connectivity index (χ4v) is 2.78. The Kier molecular flexibility index (Phi) is 7.52. The summed E-state index contributed by atoms with van der Waals surface area (Å²) < 4.78 is 10.6. The zero-order valence-corrected chi connectivity index (χ0v) is 16.6. The summed E-state index contributed by atoms with van der Waals surface area (Å²) in [5.41, 5.74) is 3.35. The molecule has 2 aromatic rings. The van der Waals surface area contributed by atoms with Crippen LogP contribution in [0.5, 0.6) is 0 Å². The van der Waals surface area contributed by atoms with Crippen molar-refractivity contribution in [1.82, 2.24) is 0 Å². The molecule has 0 saturated carbocycles. The predicted octanol–water partition coefficient (Wildman–Crippen LogP) is 5.53. The molecule has 0 radical (unpaired) electrons. The van der Waals surface area contributed by atoms with Gasteiger partial charge in [0.1, 0.15) is 11.5 Å². The maximum atomic E-state index is 11.4. The minimum Gasteiger partial charge on any atom is -0.431 e.